The summed E-state index contributed by atoms with van der Waals surface area (Å²) in [6, 6.07) is 16.8. The first-order valence-electron chi connectivity index (χ1n) is 8.55. The Morgan fingerprint density at radius 2 is 1.57 bits per heavy atom. The summed E-state index contributed by atoms with van der Waals surface area (Å²) >= 11 is 6.16. The van der Waals surface area contributed by atoms with Gasteiger partial charge in [-0.15, -0.1) is 0 Å². The number of anilines is 2. The molecule has 0 aliphatic rings. The van der Waals surface area contributed by atoms with E-state index in [9.17, 15) is 14.4 Å². The molecule has 0 aliphatic heterocycles. The van der Waals surface area contributed by atoms with E-state index in [0.29, 0.717) is 22.0 Å². The number of nitrogens with zero attached hydrogens (tertiary/aromatic N) is 1. The molecule has 1 heterocycles. The summed E-state index contributed by atoms with van der Waals surface area (Å²) in [7, 11) is 0. The molecule has 0 radical (unpaired) electrons. The highest BCUT2D eigenvalue weighted by Gasteiger charge is 2.10. The third-order valence-corrected chi connectivity index (χ3v) is 4.38. The highest BCUT2D eigenvalue weighted by atomic mass is 35.5. The fourth-order valence-corrected chi connectivity index (χ4v) is 2.84. The molecule has 1 aromatic heterocycles. The van der Waals surface area contributed by atoms with Gasteiger partial charge < -0.3 is 15.2 Å². The fraction of sp³-hybridized carbons (Fsp3) is 0.0952. The summed E-state index contributed by atoms with van der Waals surface area (Å²) in [6.07, 6.45) is 1.51. The van der Waals surface area contributed by atoms with Crippen LogP contribution in [0.25, 0.3) is 0 Å². The minimum absolute atomic E-state index is 0.169. The second kappa shape index (κ2) is 8.54. The van der Waals surface area contributed by atoms with E-state index in [1.165, 1.54) is 29.8 Å². The molecule has 0 aliphatic carbocycles. The van der Waals surface area contributed by atoms with Crippen LogP contribution in [0.5, 0.6) is 0 Å². The molecule has 2 N–H and O–H groups in total. The highest BCUT2D eigenvalue weighted by molar-refractivity contribution is 6.31. The second-order valence-corrected chi connectivity index (χ2v) is 6.60. The van der Waals surface area contributed by atoms with Gasteiger partial charge in [0.25, 0.3) is 11.5 Å². The maximum atomic E-state index is 12.5. The Morgan fingerprint density at radius 3 is 2.21 bits per heavy atom. The molecule has 6 nitrogen and oxygen atoms in total. The number of amides is 2. The van der Waals surface area contributed by atoms with Crippen LogP contribution >= 0.6 is 11.6 Å². The molecule has 0 saturated carbocycles. The lowest BCUT2D eigenvalue weighted by Gasteiger charge is -2.10. The number of aromatic nitrogens is 1. The number of hydrogen-bond donors (Lipinski definition) is 2. The number of halogens is 1. The summed E-state index contributed by atoms with van der Waals surface area (Å²) in [5, 5.41) is 5.98. The normalized spacial score (nSPS) is 10.4. The first-order chi connectivity index (χ1) is 13.4. The van der Waals surface area contributed by atoms with Gasteiger partial charge in [-0.1, -0.05) is 29.8 Å². The maximum Gasteiger partial charge on any atom is 0.257 e. The van der Waals surface area contributed by atoms with Crippen molar-refractivity contribution in [2.24, 2.45) is 0 Å². The third-order valence-electron chi connectivity index (χ3n) is 4.01. The molecule has 3 rings (SSSR count). The van der Waals surface area contributed by atoms with Crippen molar-refractivity contribution in [1.29, 1.82) is 0 Å². The van der Waals surface area contributed by atoms with Gasteiger partial charge in [-0.3, -0.25) is 14.4 Å². The lowest BCUT2D eigenvalue weighted by Crippen LogP contribution is -2.22. The fourth-order valence-electron chi connectivity index (χ4n) is 2.64. The van der Waals surface area contributed by atoms with Crippen LogP contribution in [0.15, 0.2) is 71.7 Å². The van der Waals surface area contributed by atoms with Gasteiger partial charge in [-0.25, -0.2) is 0 Å². The maximum absolute atomic E-state index is 12.5. The Labute approximate surface area is 166 Å². The van der Waals surface area contributed by atoms with Crippen molar-refractivity contribution < 1.29 is 9.59 Å². The summed E-state index contributed by atoms with van der Waals surface area (Å²) in [5.74, 6) is -0.516. The lowest BCUT2D eigenvalue weighted by atomic mass is 10.2. The standard InChI is InChI=1S/C21H18ClN3O3/c1-14(26)23-17-7-9-18(10-8-17)24-21(28)16-6-11-20(27)25(13-16)12-15-4-2-3-5-19(15)22/h2-11,13H,12H2,1H3,(H,23,26)(H,24,28). The van der Waals surface area contributed by atoms with E-state index in [0.717, 1.165) is 5.56 Å². The van der Waals surface area contributed by atoms with Gasteiger partial charge in [-0.05, 0) is 42.0 Å². The molecule has 0 fully saturated rings. The summed E-state index contributed by atoms with van der Waals surface area (Å²) in [6.45, 7) is 1.69. The molecule has 7 heteroatoms. The van der Waals surface area contributed by atoms with Crippen molar-refractivity contribution in [2.45, 2.75) is 13.5 Å². The smallest absolute Gasteiger partial charge is 0.257 e. The molecule has 3 aromatic rings. The number of hydrogen-bond acceptors (Lipinski definition) is 3. The van der Waals surface area contributed by atoms with Crippen LogP contribution in [0.3, 0.4) is 0 Å². The van der Waals surface area contributed by atoms with E-state index in [1.807, 2.05) is 18.2 Å². The van der Waals surface area contributed by atoms with E-state index in [4.69, 9.17) is 11.6 Å². The van der Waals surface area contributed by atoms with Crippen molar-refractivity contribution in [3.8, 4) is 0 Å². The number of carbonyl (C=O) groups excluding carboxylic acids is 2. The van der Waals surface area contributed by atoms with Gasteiger partial charge >= 0.3 is 0 Å². The van der Waals surface area contributed by atoms with E-state index in [-0.39, 0.29) is 23.9 Å². The van der Waals surface area contributed by atoms with Crippen molar-refractivity contribution >= 4 is 34.8 Å². The zero-order valence-corrected chi connectivity index (χ0v) is 15.9. The predicted molar refractivity (Wildman–Crippen MR) is 110 cm³/mol. The number of benzene rings is 2. The average Bonchev–Trinajstić information content (AvgIpc) is 2.66. The van der Waals surface area contributed by atoms with Crippen LogP contribution < -0.4 is 16.2 Å². The Morgan fingerprint density at radius 1 is 0.929 bits per heavy atom. The third kappa shape index (κ3) is 4.86. The zero-order chi connectivity index (χ0) is 20.1. The Hall–Kier alpha value is -3.38. The van der Waals surface area contributed by atoms with Gasteiger partial charge in [0.2, 0.25) is 5.91 Å². The molecular weight excluding hydrogens is 378 g/mol. The van der Waals surface area contributed by atoms with Crippen LogP contribution in [-0.4, -0.2) is 16.4 Å². The Kier molecular flexibility index (Phi) is 5.91. The SMILES string of the molecule is CC(=O)Nc1ccc(NC(=O)c2ccc(=O)n(Cc3ccccc3Cl)c2)cc1. The van der Waals surface area contributed by atoms with Gasteiger partial charge in [0.15, 0.2) is 0 Å². The molecule has 0 bridgehead atoms. The zero-order valence-electron chi connectivity index (χ0n) is 15.1. The lowest BCUT2D eigenvalue weighted by molar-refractivity contribution is -0.114. The van der Waals surface area contributed by atoms with E-state index < -0.39 is 0 Å². The Bertz CT molecular complexity index is 1070. The first kappa shape index (κ1) is 19.4. The number of pyridine rings is 1. The average molecular weight is 396 g/mol. The minimum atomic E-state index is -0.347. The molecular formula is C21H18ClN3O3. The number of rotatable bonds is 5. The van der Waals surface area contributed by atoms with Crippen molar-refractivity contribution in [3.63, 3.8) is 0 Å². The topological polar surface area (TPSA) is 80.2 Å². The molecule has 142 valence electrons. The van der Waals surface area contributed by atoms with E-state index >= 15 is 0 Å². The van der Waals surface area contributed by atoms with Crippen LogP contribution in [0, 0.1) is 0 Å². The largest absolute Gasteiger partial charge is 0.326 e. The number of nitrogens with one attached hydrogen (secondary N) is 2. The van der Waals surface area contributed by atoms with Crippen molar-refractivity contribution in [3.05, 3.63) is 93.4 Å². The quantitative estimate of drug-likeness (QED) is 0.690. The van der Waals surface area contributed by atoms with Gasteiger partial charge in [0, 0.05) is 35.6 Å². The number of carbonyl (C=O) groups is 2. The minimum Gasteiger partial charge on any atom is -0.326 e. The summed E-state index contributed by atoms with van der Waals surface area (Å²) < 4.78 is 1.44. The molecule has 0 unspecified atom stereocenters. The highest BCUT2D eigenvalue weighted by Crippen LogP contribution is 2.17. The van der Waals surface area contributed by atoms with Crippen molar-refractivity contribution in [2.75, 3.05) is 10.6 Å². The first-order valence-corrected chi connectivity index (χ1v) is 8.93. The molecule has 2 aromatic carbocycles. The Balaban J connectivity index is 1.76. The van der Waals surface area contributed by atoms with Crippen molar-refractivity contribution in [1.82, 2.24) is 4.57 Å². The molecule has 0 spiro atoms. The van der Waals surface area contributed by atoms with Crippen LogP contribution in [-0.2, 0) is 11.3 Å². The monoisotopic (exact) mass is 395 g/mol. The van der Waals surface area contributed by atoms with E-state index in [2.05, 4.69) is 10.6 Å². The summed E-state index contributed by atoms with van der Waals surface area (Å²) in [5.41, 5.74) is 2.12. The van der Waals surface area contributed by atoms with Gasteiger partial charge in [0.1, 0.15) is 0 Å². The van der Waals surface area contributed by atoms with Crippen LogP contribution in [0.1, 0.15) is 22.8 Å². The second-order valence-electron chi connectivity index (χ2n) is 6.19. The predicted octanol–water partition coefficient (Wildman–Crippen LogP) is 3.76. The van der Waals surface area contributed by atoms with Gasteiger partial charge in [0.05, 0.1) is 12.1 Å². The molecule has 0 atom stereocenters. The molecule has 2 amide bonds. The van der Waals surface area contributed by atoms with Gasteiger partial charge in [-0.2, -0.15) is 0 Å². The van der Waals surface area contributed by atoms with E-state index in [1.54, 1.807) is 30.3 Å². The van der Waals surface area contributed by atoms with Crippen LogP contribution in [0.4, 0.5) is 11.4 Å². The summed E-state index contributed by atoms with van der Waals surface area (Å²) in [4.78, 5) is 35.7. The van der Waals surface area contributed by atoms with Crippen LogP contribution in [0.2, 0.25) is 5.02 Å². The molecule has 0 saturated heterocycles. The molecule has 28 heavy (non-hydrogen) atoms.